The van der Waals surface area contributed by atoms with Gasteiger partial charge in [-0.3, -0.25) is 4.99 Å². The van der Waals surface area contributed by atoms with Gasteiger partial charge >= 0.3 is 5.97 Å². The maximum atomic E-state index is 11.2. The van der Waals surface area contributed by atoms with Crippen molar-refractivity contribution in [3.63, 3.8) is 0 Å². The summed E-state index contributed by atoms with van der Waals surface area (Å²) >= 11 is 0. The van der Waals surface area contributed by atoms with E-state index in [1.807, 2.05) is 36.4 Å². The van der Waals surface area contributed by atoms with E-state index in [9.17, 15) is 4.79 Å². The second-order valence-corrected chi connectivity index (χ2v) is 6.48. The number of carboxylic acid groups (broad SMARTS) is 1. The first-order valence-corrected chi connectivity index (χ1v) is 9.53. The zero-order chi connectivity index (χ0) is 22.2. The van der Waals surface area contributed by atoms with Crippen LogP contribution in [0.3, 0.4) is 0 Å². The molecule has 0 amide bonds. The van der Waals surface area contributed by atoms with Crippen molar-refractivity contribution >= 4 is 17.9 Å². The van der Waals surface area contributed by atoms with Gasteiger partial charge in [0, 0.05) is 11.8 Å². The predicted octanol–water partition coefficient (Wildman–Crippen LogP) is 5.10. The molecule has 3 rings (SSSR count). The normalized spacial score (nSPS) is 11.7. The number of rotatable bonds is 9. The standard InChI is InChI=1S/C24H23NO6/c1-16(24(26)27)30-23-17(7-6-10-22(23)29-3)15-25-18-11-13-19(14-12-18)31-21-9-5-4-8-20(21)28-2/h4-16H,1-3H3,(H,26,27)/t16-/m1/s1. The van der Waals surface area contributed by atoms with E-state index in [-0.39, 0.29) is 0 Å². The van der Waals surface area contributed by atoms with Gasteiger partial charge in [0.1, 0.15) is 5.75 Å². The molecular weight excluding hydrogens is 398 g/mol. The van der Waals surface area contributed by atoms with Crippen molar-refractivity contribution in [1.82, 2.24) is 0 Å². The second-order valence-electron chi connectivity index (χ2n) is 6.48. The summed E-state index contributed by atoms with van der Waals surface area (Å²) in [6, 6.07) is 19.9. The van der Waals surface area contributed by atoms with Crippen molar-refractivity contribution in [3.05, 3.63) is 72.3 Å². The maximum Gasteiger partial charge on any atom is 0.344 e. The summed E-state index contributed by atoms with van der Waals surface area (Å²) in [5.74, 6) is 1.58. The molecule has 0 saturated heterocycles. The number of hydrogen-bond acceptors (Lipinski definition) is 6. The zero-order valence-corrected chi connectivity index (χ0v) is 17.4. The molecule has 31 heavy (non-hydrogen) atoms. The van der Waals surface area contributed by atoms with Gasteiger partial charge < -0.3 is 24.1 Å². The number of benzene rings is 3. The lowest BCUT2D eigenvalue weighted by atomic mass is 10.2. The topological polar surface area (TPSA) is 86.6 Å². The highest BCUT2D eigenvalue weighted by atomic mass is 16.5. The van der Waals surface area contributed by atoms with Gasteiger partial charge in [-0.15, -0.1) is 0 Å². The van der Waals surface area contributed by atoms with Crippen molar-refractivity contribution in [2.75, 3.05) is 14.2 Å². The molecule has 0 aromatic heterocycles. The molecule has 0 heterocycles. The van der Waals surface area contributed by atoms with Crippen LogP contribution in [0.5, 0.6) is 28.7 Å². The van der Waals surface area contributed by atoms with Crippen molar-refractivity contribution in [2.45, 2.75) is 13.0 Å². The van der Waals surface area contributed by atoms with Crippen LogP contribution < -0.4 is 18.9 Å². The molecule has 3 aromatic carbocycles. The molecular formula is C24H23NO6. The summed E-state index contributed by atoms with van der Waals surface area (Å²) in [5.41, 5.74) is 1.29. The zero-order valence-electron chi connectivity index (χ0n) is 17.4. The van der Waals surface area contributed by atoms with Crippen LogP contribution in [0.1, 0.15) is 12.5 Å². The number of carbonyl (C=O) groups is 1. The third kappa shape index (κ3) is 5.54. The third-order valence-corrected chi connectivity index (χ3v) is 4.36. The van der Waals surface area contributed by atoms with E-state index in [0.29, 0.717) is 40.0 Å². The highest BCUT2D eigenvalue weighted by Crippen LogP contribution is 2.33. The van der Waals surface area contributed by atoms with Crippen LogP contribution in [0.25, 0.3) is 0 Å². The number of nitrogens with zero attached hydrogens (tertiary/aromatic N) is 1. The Morgan fingerprint density at radius 1 is 0.903 bits per heavy atom. The lowest BCUT2D eigenvalue weighted by molar-refractivity contribution is -0.144. The quantitative estimate of drug-likeness (QED) is 0.484. The number of methoxy groups -OCH3 is 2. The molecule has 0 unspecified atom stereocenters. The minimum atomic E-state index is -1.07. The molecule has 7 heteroatoms. The molecule has 1 atom stereocenters. The first-order chi connectivity index (χ1) is 15.0. The summed E-state index contributed by atoms with van der Waals surface area (Å²) in [6.07, 6.45) is 0.567. The Labute approximate surface area is 180 Å². The van der Waals surface area contributed by atoms with E-state index in [1.165, 1.54) is 14.0 Å². The largest absolute Gasteiger partial charge is 0.493 e. The van der Waals surface area contributed by atoms with Crippen LogP contribution in [0.2, 0.25) is 0 Å². The van der Waals surface area contributed by atoms with Gasteiger partial charge in [0.25, 0.3) is 0 Å². The lowest BCUT2D eigenvalue weighted by Crippen LogP contribution is -2.23. The first-order valence-electron chi connectivity index (χ1n) is 9.53. The Morgan fingerprint density at radius 2 is 1.55 bits per heavy atom. The van der Waals surface area contributed by atoms with Crippen LogP contribution in [-0.4, -0.2) is 37.6 Å². The smallest absolute Gasteiger partial charge is 0.344 e. The van der Waals surface area contributed by atoms with Gasteiger partial charge in [-0.25, -0.2) is 4.79 Å². The maximum absolute atomic E-state index is 11.2. The Morgan fingerprint density at radius 3 is 2.19 bits per heavy atom. The molecule has 3 aromatic rings. The van der Waals surface area contributed by atoms with Crippen LogP contribution in [0, 0.1) is 0 Å². The minimum Gasteiger partial charge on any atom is -0.493 e. The number of ether oxygens (including phenoxy) is 4. The van der Waals surface area contributed by atoms with Gasteiger partial charge in [-0.1, -0.05) is 18.2 Å². The molecule has 160 valence electrons. The van der Waals surface area contributed by atoms with Crippen LogP contribution in [-0.2, 0) is 4.79 Å². The molecule has 0 aliphatic rings. The number of aliphatic carboxylic acids is 1. The third-order valence-electron chi connectivity index (χ3n) is 4.36. The number of para-hydroxylation sites is 3. The monoisotopic (exact) mass is 421 g/mol. The molecule has 0 aliphatic carbocycles. The van der Waals surface area contributed by atoms with E-state index < -0.39 is 12.1 Å². The SMILES string of the molecule is COc1ccccc1Oc1ccc(N=Cc2cccc(OC)c2O[C@H](C)C(=O)O)cc1. The fourth-order valence-corrected chi connectivity index (χ4v) is 2.72. The minimum absolute atomic E-state index is 0.319. The fraction of sp³-hybridized carbons (Fsp3) is 0.167. The van der Waals surface area contributed by atoms with Gasteiger partial charge in [0.15, 0.2) is 29.1 Å². The number of hydrogen-bond donors (Lipinski definition) is 1. The summed E-state index contributed by atoms with van der Waals surface area (Å²) in [5, 5.41) is 9.15. The van der Waals surface area contributed by atoms with Crippen molar-refractivity contribution in [1.29, 1.82) is 0 Å². The molecule has 0 spiro atoms. The summed E-state index contributed by atoms with van der Waals surface area (Å²) < 4.78 is 22.0. The highest BCUT2D eigenvalue weighted by molar-refractivity contribution is 5.87. The Hall–Kier alpha value is -4.00. The van der Waals surface area contributed by atoms with Gasteiger partial charge in [0.05, 0.1) is 19.9 Å². The van der Waals surface area contributed by atoms with Crippen LogP contribution >= 0.6 is 0 Å². The van der Waals surface area contributed by atoms with Crippen molar-refractivity contribution < 1.29 is 28.8 Å². The molecule has 1 N–H and O–H groups in total. The van der Waals surface area contributed by atoms with E-state index in [1.54, 1.807) is 43.7 Å². The lowest BCUT2D eigenvalue weighted by Gasteiger charge is -2.15. The summed E-state index contributed by atoms with van der Waals surface area (Å²) in [4.78, 5) is 15.6. The molecule has 0 radical (unpaired) electrons. The average molecular weight is 421 g/mol. The van der Waals surface area contributed by atoms with E-state index >= 15 is 0 Å². The van der Waals surface area contributed by atoms with Crippen molar-refractivity contribution in [3.8, 4) is 28.7 Å². The predicted molar refractivity (Wildman–Crippen MR) is 117 cm³/mol. The molecule has 7 nitrogen and oxygen atoms in total. The summed E-state index contributed by atoms with van der Waals surface area (Å²) in [7, 11) is 3.09. The first kappa shape index (κ1) is 21.7. The van der Waals surface area contributed by atoms with Crippen LogP contribution in [0.15, 0.2) is 71.7 Å². The Kier molecular flexibility index (Phi) is 7.11. The molecule has 0 aliphatic heterocycles. The van der Waals surface area contributed by atoms with E-state index in [0.717, 1.165) is 0 Å². The summed E-state index contributed by atoms with van der Waals surface area (Å²) in [6.45, 7) is 1.45. The molecule has 0 fully saturated rings. The Balaban J connectivity index is 1.78. The van der Waals surface area contributed by atoms with Crippen LogP contribution in [0.4, 0.5) is 5.69 Å². The van der Waals surface area contributed by atoms with Crippen molar-refractivity contribution in [2.24, 2.45) is 4.99 Å². The van der Waals surface area contributed by atoms with E-state index in [4.69, 9.17) is 24.1 Å². The number of carboxylic acids is 1. The van der Waals surface area contributed by atoms with Gasteiger partial charge in [0.2, 0.25) is 0 Å². The highest BCUT2D eigenvalue weighted by Gasteiger charge is 2.17. The van der Waals surface area contributed by atoms with E-state index in [2.05, 4.69) is 4.99 Å². The Bertz CT molecular complexity index is 1060. The second kappa shape index (κ2) is 10.2. The number of aliphatic imine (C=N–C) groups is 1. The van der Waals surface area contributed by atoms with Gasteiger partial charge in [-0.05, 0) is 55.5 Å². The molecule has 0 saturated carbocycles. The van der Waals surface area contributed by atoms with Gasteiger partial charge in [-0.2, -0.15) is 0 Å². The molecule has 0 bridgehead atoms. The fourth-order valence-electron chi connectivity index (χ4n) is 2.72. The average Bonchev–Trinajstić information content (AvgIpc) is 2.79.